The van der Waals surface area contributed by atoms with E-state index >= 15 is 0 Å². The molecule has 17 heavy (non-hydrogen) atoms. The monoisotopic (exact) mass is 245 g/mol. The summed E-state index contributed by atoms with van der Waals surface area (Å²) in [5.74, 6) is 0.0346. The zero-order chi connectivity index (χ0) is 12.3. The van der Waals surface area contributed by atoms with Gasteiger partial charge in [-0.05, 0) is 19.3 Å². The van der Waals surface area contributed by atoms with Gasteiger partial charge < -0.3 is 25.0 Å². The van der Waals surface area contributed by atoms with Crippen LogP contribution in [0.15, 0.2) is 0 Å². The molecule has 5 nitrogen and oxygen atoms in total. The van der Waals surface area contributed by atoms with Gasteiger partial charge in [0, 0.05) is 38.3 Å². The molecule has 0 aromatic carbocycles. The molecular formula is C12H23NO4. The molecule has 3 N–H and O–H groups in total. The van der Waals surface area contributed by atoms with Crippen molar-refractivity contribution in [2.45, 2.75) is 43.6 Å². The highest BCUT2D eigenvalue weighted by molar-refractivity contribution is 4.96. The van der Waals surface area contributed by atoms with Gasteiger partial charge >= 0.3 is 0 Å². The van der Waals surface area contributed by atoms with Crippen molar-refractivity contribution in [3.05, 3.63) is 0 Å². The first-order chi connectivity index (χ1) is 8.22. The lowest BCUT2D eigenvalue weighted by atomic mass is 10.1. The summed E-state index contributed by atoms with van der Waals surface area (Å²) in [6.45, 7) is 2.07. The Hall–Kier alpha value is -0.200. The Bertz CT molecular complexity index is 233. The third-order valence-electron chi connectivity index (χ3n) is 3.85. The van der Waals surface area contributed by atoms with Gasteiger partial charge in [-0.1, -0.05) is 0 Å². The second-order valence-corrected chi connectivity index (χ2v) is 5.09. The molecule has 1 saturated carbocycles. The highest BCUT2D eigenvalue weighted by Gasteiger charge is 2.41. The maximum atomic E-state index is 9.99. The molecule has 1 aliphatic carbocycles. The molecule has 4 unspecified atom stereocenters. The van der Waals surface area contributed by atoms with Crippen LogP contribution in [0.4, 0.5) is 0 Å². The fraction of sp³-hybridized carbons (Fsp3) is 1.00. The zero-order valence-corrected chi connectivity index (χ0v) is 10.3. The summed E-state index contributed by atoms with van der Waals surface area (Å²) >= 11 is 0. The van der Waals surface area contributed by atoms with Crippen LogP contribution in [-0.2, 0) is 9.47 Å². The van der Waals surface area contributed by atoms with Gasteiger partial charge in [-0.3, -0.25) is 0 Å². The van der Waals surface area contributed by atoms with E-state index in [0.717, 1.165) is 32.5 Å². The van der Waals surface area contributed by atoms with E-state index < -0.39 is 12.2 Å². The number of aliphatic hydroxyl groups excluding tert-OH is 2. The highest BCUT2D eigenvalue weighted by Crippen LogP contribution is 2.28. The number of hydrogen-bond acceptors (Lipinski definition) is 5. The van der Waals surface area contributed by atoms with E-state index in [2.05, 4.69) is 5.32 Å². The van der Waals surface area contributed by atoms with Crippen LogP contribution in [0.3, 0.4) is 0 Å². The van der Waals surface area contributed by atoms with Crippen LogP contribution in [0.25, 0.3) is 0 Å². The van der Waals surface area contributed by atoms with E-state index in [4.69, 9.17) is 9.47 Å². The fourth-order valence-electron chi connectivity index (χ4n) is 2.84. The molecule has 4 atom stereocenters. The Labute approximate surface area is 102 Å². The fourth-order valence-corrected chi connectivity index (χ4v) is 2.84. The molecular weight excluding hydrogens is 222 g/mol. The van der Waals surface area contributed by atoms with Crippen LogP contribution in [0, 0.1) is 5.92 Å². The smallest absolute Gasteiger partial charge is 0.0955 e. The van der Waals surface area contributed by atoms with Crippen LogP contribution in [0.5, 0.6) is 0 Å². The van der Waals surface area contributed by atoms with Crippen molar-refractivity contribution < 1.29 is 19.7 Å². The summed E-state index contributed by atoms with van der Waals surface area (Å²) in [5.41, 5.74) is 0. The summed E-state index contributed by atoms with van der Waals surface area (Å²) in [4.78, 5) is 0. The highest BCUT2D eigenvalue weighted by atomic mass is 16.5. The van der Waals surface area contributed by atoms with E-state index in [1.165, 1.54) is 0 Å². The number of methoxy groups -OCH3 is 1. The minimum absolute atomic E-state index is 0.0201. The van der Waals surface area contributed by atoms with Gasteiger partial charge in [0.25, 0.3) is 0 Å². The van der Waals surface area contributed by atoms with Gasteiger partial charge in [-0.25, -0.2) is 0 Å². The summed E-state index contributed by atoms with van der Waals surface area (Å²) < 4.78 is 10.4. The molecule has 1 aliphatic heterocycles. The first-order valence-corrected chi connectivity index (χ1v) is 6.41. The maximum absolute atomic E-state index is 9.99. The molecule has 2 rings (SSSR count). The van der Waals surface area contributed by atoms with Crippen LogP contribution in [-0.4, -0.2) is 61.4 Å². The number of ether oxygens (including phenoxy) is 2. The molecule has 0 aromatic rings. The average molecular weight is 245 g/mol. The lowest BCUT2D eigenvalue weighted by Gasteiger charge is -2.28. The maximum Gasteiger partial charge on any atom is 0.0955 e. The molecule has 100 valence electrons. The Morgan fingerprint density at radius 2 is 1.94 bits per heavy atom. The van der Waals surface area contributed by atoms with Gasteiger partial charge in [0.1, 0.15) is 0 Å². The molecule has 0 bridgehead atoms. The largest absolute Gasteiger partial charge is 0.390 e. The summed E-state index contributed by atoms with van der Waals surface area (Å²) in [6.07, 6.45) is 1.38. The molecule has 2 aliphatic rings. The van der Waals surface area contributed by atoms with Crippen molar-refractivity contribution in [2.75, 3.05) is 26.9 Å². The van der Waals surface area contributed by atoms with Crippen LogP contribution >= 0.6 is 0 Å². The number of hydrogen-bond donors (Lipinski definition) is 3. The predicted octanol–water partition coefficient (Wildman–Crippen LogP) is -0.488. The first kappa shape index (κ1) is 13.2. The third kappa shape index (κ3) is 3.17. The van der Waals surface area contributed by atoms with Crippen molar-refractivity contribution in [1.82, 2.24) is 5.32 Å². The molecule has 0 amide bonds. The Kier molecular flexibility index (Phi) is 4.76. The molecule has 1 heterocycles. The second kappa shape index (κ2) is 6.11. The number of nitrogens with one attached hydrogen (secondary N) is 1. The van der Waals surface area contributed by atoms with Crippen molar-refractivity contribution in [3.8, 4) is 0 Å². The van der Waals surface area contributed by atoms with Crippen LogP contribution in [0.2, 0.25) is 0 Å². The Morgan fingerprint density at radius 3 is 2.59 bits per heavy atom. The number of aliphatic hydroxyl groups is 2. The Morgan fingerprint density at radius 1 is 1.24 bits per heavy atom. The lowest BCUT2D eigenvalue weighted by molar-refractivity contribution is -0.00871. The summed E-state index contributed by atoms with van der Waals surface area (Å²) in [6, 6.07) is 0.380. The normalized spacial score (nSPS) is 39.7. The van der Waals surface area contributed by atoms with E-state index in [9.17, 15) is 10.2 Å². The molecule has 1 saturated heterocycles. The van der Waals surface area contributed by atoms with Crippen LogP contribution < -0.4 is 5.32 Å². The summed E-state index contributed by atoms with van der Waals surface area (Å²) in [5, 5.41) is 23.3. The lowest BCUT2D eigenvalue weighted by Crippen LogP contribution is -2.47. The zero-order valence-electron chi connectivity index (χ0n) is 10.3. The molecule has 5 heteroatoms. The SMILES string of the molecule is COCC1CC(NC2CCOCC2)C(O)C1O. The standard InChI is InChI=1S/C12H23NO4/c1-16-7-8-6-10(12(15)11(8)14)13-9-2-4-17-5-3-9/h8-15H,2-7H2,1H3. The van der Waals surface area contributed by atoms with Crippen molar-refractivity contribution in [2.24, 2.45) is 5.92 Å². The van der Waals surface area contributed by atoms with Crippen molar-refractivity contribution in [3.63, 3.8) is 0 Å². The quantitative estimate of drug-likeness (QED) is 0.623. The first-order valence-electron chi connectivity index (χ1n) is 6.41. The minimum Gasteiger partial charge on any atom is -0.390 e. The predicted molar refractivity (Wildman–Crippen MR) is 62.8 cm³/mol. The van der Waals surface area contributed by atoms with Gasteiger partial charge in [0.2, 0.25) is 0 Å². The molecule has 0 radical (unpaired) electrons. The van der Waals surface area contributed by atoms with E-state index in [1.807, 2.05) is 0 Å². The van der Waals surface area contributed by atoms with E-state index in [0.29, 0.717) is 12.6 Å². The Balaban J connectivity index is 1.84. The van der Waals surface area contributed by atoms with E-state index in [-0.39, 0.29) is 12.0 Å². The van der Waals surface area contributed by atoms with E-state index in [1.54, 1.807) is 7.11 Å². The van der Waals surface area contributed by atoms with Gasteiger partial charge in [-0.15, -0.1) is 0 Å². The van der Waals surface area contributed by atoms with Crippen LogP contribution in [0.1, 0.15) is 19.3 Å². The summed E-state index contributed by atoms with van der Waals surface area (Å²) in [7, 11) is 1.62. The number of rotatable bonds is 4. The molecule has 2 fully saturated rings. The molecule has 0 spiro atoms. The van der Waals surface area contributed by atoms with Crippen molar-refractivity contribution >= 4 is 0 Å². The third-order valence-corrected chi connectivity index (χ3v) is 3.85. The average Bonchev–Trinajstić information content (AvgIpc) is 2.60. The van der Waals surface area contributed by atoms with Crippen molar-refractivity contribution in [1.29, 1.82) is 0 Å². The second-order valence-electron chi connectivity index (χ2n) is 5.09. The van der Waals surface area contributed by atoms with Gasteiger partial charge in [-0.2, -0.15) is 0 Å². The minimum atomic E-state index is -0.682. The topological polar surface area (TPSA) is 71.0 Å². The van der Waals surface area contributed by atoms with Gasteiger partial charge in [0.05, 0.1) is 18.8 Å². The molecule has 0 aromatic heterocycles. The van der Waals surface area contributed by atoms with Gasteiger partial charge in [0.15, 0.2) is 0 Å².